The summed E-state index contributed by atoms with van der Waals surface area (Å²) in [6, 6.07) is 10.2. The molecule has 1 aromatic heterocycles. The van der Waals surface area contributed by atoms with E-state index in [1.807, 2.05) is 30.3 Å². The van der Waals surface area contributed by atoms with Crippen molar-refractivity contribution in [1.82, 2.24) is 4.98 Å². The van der Waals surface area contributed by atoms with Crippen molar-refractivity contribution in [2.75, 3.05) is 6.00 Å². The Morgan fingerprint density at radius 1 is 1.39 bits per heavy atom. The van der Waals surface area contributed by atoms with Crippen LogP contribution in [0.5, 0.6) is 0 Å². The Hall–Kier alpha value is -2.00. The van der Waals surface area contributed by atoms with Crippen LogP contribution in [0.2, 0.25) is 0 Å². The monoisotopic (exact) mass is 257 g/mol. The lowest BCUT2D eigenvalue weighted by molar-refractivity contribution is 1.34. The average molecular weight is 258 g/mol. The molecule has 0 spiro atoms. The number of pyridine rings is 1. The smallest absolute Gasteiger partial charge is 0.114 e. The SMILES string of the molecule is C=N/C=C\C(=N/CCl)c1cnc2ccccc2c1. The quantitative estimate of drug-likeness (QED) is 0.470. The zero-order chi connectivity index (χ0) is 12.8. The number of aliphatic imine (C=N–C) groups is 2. The molecule has 0 radical (unpaired) electrons. The number of rotatable bonds is 4. The van der Waals surface area contributed by atoms with E-state index >= 15 is 0 Å². The van der Waals surface area contributed by atoms with Crippen LogP contribution in [0.15, 0.2) is 58.8 Å². The van der Waals surface area contributed by atoms with Gasteiger partial charge in [0.25, 0.3) is 0 Å². The topological polar surface area (TPSA) is 37.6 Å². The van der Waals surface area contributed by atoms with Crippen LogP contribution in [-0.4, -0.2) is 23.4 Å². The number of fused-ring (bicyclic) bond motifs is 1. The van der Waals surface area contributed by atoms with E-state index < -0.39 is 0 Å². The second-order valence-electron chi connectivity index (χ2n) is 3.58. The van der Waals surface area contributed by atoms with Gasteiger partial charge >= 0.3 is 0 Å². The number of nitrogens with zero attached hydrogens (tertiary/aromatic N) is 3. The molecule has 0 N–H and O–H groups in total. The number of aromatic nitrogens is 1. The first-order chi connectivity index (χ1) is 8.85. The van der Waals surface area contributed by atoms with Gasteiger partial charge in [0.05, 0.1) is 11.2 Å². The lowest BCUT2D eigenvalue weighted by Crippen LogP contribution is -1.98. The van der Waals surface area contributed by atoms with Crippen LogP contribution in [0.3, 0.4) is 0 Å². The summed E-state index contributed by atoms with van der Waals surface area (Å²) in [7, 11) is 0. The molecule has 3 nitrogen and oxygen atoms in total. The molecule has 18 heavy (non-hydrogen) atoms. The summed E-state index contributed by atoms with van der Waals surface area (Å²) in [4.78, 5) is 12.3. The van der Waals surface area contributed by atoms with E-state index in [0.29, 0.717) is 0 Å². The third-order valence-electron chi connectivity index (χ3n) is 2.45. The number of hydrogen-bond acceptors (Lipinski definition) is 3. The number of para-hydroxylation sites is 1. The second-order valence-corrected chi connectivity index (χ2v) is 3.82. The fourth-order valence-electron chi connectivity index (χ4n) is 1.64. The van der Waals surface area contributed by atoms with Gasteiger partial charge in [-0.1, -0.05) is 18.2 Å². The minimum atomic E-state index is 0.198. The van der Waals surface area contributed by atoms with Crippen molar-refractivity contribution >= 4 is 34.9 Å². The largest absolute Gasteiger partial charge is 0.272 e. The van der Waals surface area contributed by atoms with Crippen LogP contribution in [0.25, 0.3) is 10.9 Å². The molecule has 0 saturated heterocycles. The average Bonchev–Trinajstić information content (AvgIpc) is 2.43. The Morgan fingerprint density at radius 2 is 2.22 bits per heavy atom. The summed E-state index contributed by atoms with van der Waals surface area (Å²) >= 11 is 5.66. The molecule has 0 saturated carbocycles. The van der Waals surface area contributed by atoms with Crippen LogP contribution in [-0.2, 0) is 0 Å². The van der Waals surface area contributed by atoms with Gasteiger partial charge in [-0.2, -0.15) is 0 Å². The first kappa shape index (κ1) is 12.5. The Kier molecular flexibility index (Phi) is 4.20. The third kappa shape index (κ3) is 2.81. The first-order valence-corrected chi connectivity index (χ1v) is 5.96. The number of allylic oxidation sites excluding steroid dienone is 1. The van der Waals surface area contributed by atoms with Crippen LogP contribution >= 0.6 is 11.6 Å². The van der Waals surface area contributed by atoms with Crippen molar-refractivity contribution < 1.29 is 0 Å². The lowest BCUT2D eigenvalue weighted by Gasteiger charge is -2.03. The van der Waals surface area contributed by atoms with E-state index in [2.05, 4.69) is 21.7 Å². The van der Waals surface area contributed by atoms with E-state index in [1.54, 1.807) is 18.5 Å². The standard InChI is InChI=1S/C14H12ClN3/c1-16-7-6-14(18-10-15)12-8-11-4-2-3-5-13(11)17-9-12/h2-9H,1,10H2/b7-6-,18-14+. The molecule has 2 rings (SSSR count). The van der Waals surface area contributed by atoms with Gasteiger partial charge in [0.15, 0.2) is 0 Å². The minimum absolute atomic E-state index is 0.198. The Bertz CT molecular complexity index is 617. The highest BCUT2D eigenvalue weighted by atomic mass is 35.5. The molecule has 1 heterocycles. The van der Waals surface area contributed by atoms with Gasteiger partial charge in [0.1, 0.15) is 6.00 Å². The molecule has 0 fully saturated rings. The predicted octanol–water partition coefficient (Wildman–Crippen LogP) is 3.43. The lowest BCUT2D eigenvalue weighted by atomic mass is 10.1. The maximum Gasteiger partial charge on any atom is 0.114 e. The molecule has 0 bridgehead atoms. The molecular weight excluding hydrogens is 246 g/mol. The van der Waals surface area contributed by atoms with Crippen LogP contribution in [0.1, 0.15) is 5.56 Å². The highest BCUT2D eigenvalue weighted by Gasteiger charge is 2.02. The van der Waals surface area contributed by atoms with Crippen molar-refractivity contribution in [2.24, 2.45) is 9.98 Å². The van der Waals surface area contributed by atoms with Crippen molar-refractivity contribution in [2.45, 2.75) is 0 Å². The fourth-order valence-corrected chi connectivity index (χ4v) is 1.77. The van der Waals surface area contributed by atoms with Gasteiger partial charge in [0.2, 0.25) is 0 Å². The Morgan fingerprint density at radius 3 is 3.00 bits per heavy atom. The summed E-state index contributed by atoms with van der Waals surface area (Å²) in [6.45, 7) is 3.40. The maximum atomic E-state index is 5.66. The fraction of sp³-hybridized carbons (Fsp3) is 0.0714. The van der Waals surface area contributed by atoms with E-state index in [1.165, 1.54) is 0 Å². The van der Waals surface area contributed by atoms with Gasteiger partial charge in [-0.3, -0.25) is 15.0 Å². The molecule has 0 amide bonds. The zero-order valence-electron chi connectivity index (χ0n) is 9.75. The van der Waals surface area contributed by atoms with Gasteiger partial charge in [0, 0.05) is 23.3 Å². The van der Waals surface area contributed by atoms with Gasteiger partial charge < -0.3 is 0 Å². The summed E-state index contributed by atoms with van der Waals surface area (Å²) in [5.74, 6) is 0. The molecule has 0 unspecified atom stereocenters. The van der Waals surface area contributed by atoms with Gasteiger partial charge in [-0.05, 0) is 24.9 Å². The molecule has 2 aromatic rings. The minimum Gasteiger partial charge on any atom is -0.272 e. The van der Waals surface area contributed by atoms with Crippen LogP contribution in [0.4, 0.5) is 0 Å². The summed E-state index contributed by atoms with van der Waals surface area (Å²) in [6.07, 6.45) is 5.13. The summed E-state index contributed by atoms with van der Waals surface area (Å²) < 4.78 is 0. The second kappa shape index (κ2) is 6.07. The predicted molar refractivity (Wildman–Crippen MR) is 77.7 cm³/mol. The molecule has 0 aliphatic carbocycles. The van der Waals surface area contributed by atoms with E-state index in [0.717, 1.165) is 22.2 Å². The number of halogens is 1. The van der Waals surface area contributed by atoms with E-state index in [4.69, 9.17) is 11.6 Å². The molecule has 4 heteroatoms. The number of hydrogen-bond donors (Lipinski definition) is 0. The van der Waals surface area contributed by atoms with Crippen LogP contribution < -0.4 is 0 Å². The third-order valence-corrected chi connectivity index (χ3v) is 2.57. The normalized spacial score (nSPS) is 12.2. The maximum absolute atomic E-state index is 5.66. The molecule has 90 valence electrons. The van der Waals surface area contributed by atoms with Gasteiger partial charge in [-0.25, -0.2) is 0 Å². The zero-order valence-corrected chi connectivity index (χ0v) is 10.5. The van der Waals surface area contributed by atoms with Gasteiger partial charge in [-0.15, -0.1) is 11.6 Å². The highest BCUT2D eigenvalue weighted by Crippen LogP contribution is 2.14. The van der Waals surface area contributed by atoms with Crippen molar-refractivity contribution in [3.05, 3.63) is 54.4 Å². The number of alkyl halides is 1. The molecule has 0 aliphatic heterocycles. The molecule has 0 aliphatic rings. The van der Waals surface area contributed by atoms with E-state index in [-0.39, 0.29) is 6.00 Å². The van der Waals surface area contributed by atoms with Crippen molar-refractivity contribution in [3.8, 4) is 0 Å². The van der Waals surface area contributed by atoms with Crippen LogP contribution in [0, 0.1) is 0 Å². The first-order valence-electron chi connectivity index (χ1n) is 5.43. The molecular formula is C14H12ClN3. The highest BCUT2D eigenvalue weighted by molar-refractivity contribution is 6.19. The molecule has 0 atom stereocenters. The van der Waals surface area contributed by atoms with Crippen molar-refractivity contribution in [3.63, 3.8) is 0 Å². The number of benzene rings is 1. The van der Waals surface area contributed by atoms with Crippen molar-refractivity contribution in [1.29, 1.82) is 0 Å². The summed E-state index contributed by atoms with van der Waals surface area (Å²) in [5.41, 5.74) is 2.61. The summed E-state index contributed by atoms with van der Waals surface area (Å²) in [5, 5.41) is 1.07. The Balaban J connectivity index is 2.47. The van der Waals surface area contributed by atoms with E-state index in [9.17, 15) is 0 Å². The Labute approximate surface area is 111 Å². The molecule has 1 aromatic carbocycles.